The number of aromatic nitrogens is 2. The fourth-order valence-corrected chi connectivity index (χ4v) is 5.79. The summed E-state index contributed by atoms with van der Waals surface area (Å²) in [5, 5.41) is 32.6. The number of oxime groups is 2. The maximum Gasteiger partial charge on any atom is 0.269 e. The van der Waals surface area contributed by atoms with Crippen molar-refractivity contribution in [2.24, 2.45) is 10.3 Å². The van der Waals surface area contributed by atoms with Gasteiger partial charge in [0.1, 0.15) is 11.4 Å². The van der Waals surface area contributed by atoms with E-state index in [1.807, 2.05) is 60.9 Å². The van der Waals surface area contributed by atoms with E-state index >= 15 is 0 Å². The summed E-state index contributed by atoms with van der Waals surface area (Å²) in [5.74, 6) is 0.448. The first-order chi connectivity index (χ1) is 18.6. The summed E-state index contributed by atoms with van der Waals surface area (Å²) in [4.78, 5) is 31.1. The van der Waals surface area contributed by atoms with Crippen LogP contribution in [0.3, 0.4) is 0 Å². The Morgan fingerprint density at radius 3 is 1.55 bits per heavy atom. The Hall–Kier alpha value is -3.90. The van der Waals surface area contributed by atoms with Crippen molar-refractivity contribution in [1.82, 2.24) is 20.6 Å². The summed E-state index contributed by atoms with van der Waals surface area (Å²) in [6, 6.07) is 15.5. The number of hydrogen-bond acceptors (Lipinski definition) is 8. The maximum absolute atomic E-state index is 12.4. The Bertz CT molecular complexity index is 1350. The predicted octanol–water partition coefficient (Wildman–Crippen LogP) is 3.71. The highest BCUT2D eigenvalue weighted by atomic mass is 33.1. The third-order valence-electron chi connectivity index (χ3n) is 5.86. The van der Waals surface area contributed by atoms with Crippen LogP contribution in [0, 0.1) is 0 Å². The second kappa shape index (κ2) is 13.6. The summed E-state index contributed by atoms with van der Waals surface area (Å²) in [6.45, 7) is 0.809. The maximum atomic E-state index is 12.4. The summed E-state index contributed by atoms with van der Waals surface area (Å²) in [6.07, 6.45) is 4.05. The van der Waals surface area contributed by atoms with Gasteiger partial charge in [-0.25, -0.2) is 0 Å². The van der Waals surface area contributed by atoms with Gasteiger partial charge in [0.05, 0.1) is 0 Å². The second-order valence-electron chi connectivity index (χ2n) is 8.32. The summed E-state index contributed by atoms with van der Waals surface area (Å²) in [5.41, 5.74) is 3.77. The van der Waals surface area contributed by atoms with Crippen molar-refractivity contribution in [2.45, 2.75) is 12.8 Å². The highest BCUT2D eigenvalue weighted by Gasteiger charge is 2.16. The van der Waals surface area contributed by atoms with E-state index in [1.54, 1.807) is 21.6 Å². The summed E-state index contributed by atoms with van der Waals surface area (Å²) in [7, 11) is 3.10. The van der Waals surface area contributed by atoms with Crippen molar-refractivity contribution >= 4 is 66.6 Å². The quantitative estimate of drug-likeness (QED) is 0.0488. The number of para-hydroxylation sites is 2. The van der Waals surface area contributed by atoms with Crippen molar-refractivity contribution in [3.05, 3.63) is 72.1 Å². The Kier molecular flexibility index (Phi) is 9.71. The van der Waals surface area contributed by atoms with Crippen LogP contribution in [0.4, 0.5) is 0 Å². The molecule has 0 fully saturated rings. The smallest absolute Gasteiger partial charge is 0.269 e. The van der Waals surface area contributed by atoms with Gasteiger partial charge in [-0.15, -0.1) is 0 Å². The molecule has 2 amide bonds. The normalized spacial score (nSPS) is 12.2. The topological polar surface area (TPSA) is 155 Å². The minimum absolute atomic E-state index is 0.0455. The molecule has 0 saturated heterocycles. The zero-order valence-corrected chi connectivity index (χ0v) is 22.1. The van der Waals surface area contributed by atoms with Crippen molar-refractivity contribution in [3.8, 4) is 0 Å². The number of H-pyrrole nitrogens is 2. The van der Waals surface area contributed by atoms with Gasteiger partial charge in [-0.3, -0.25) is 9.59 Å². The molecule has 0 unspecified atom stereocenters. The van der Waals surface area contributed by atoms with Crippen LogP contribution in [0.2, 0.25) is 0 Å². The molecule has 38 heavy (non-hydrogen) atoms. The molecule has 10 nitrogen and oxygen atoms in total. The second-order valence-corrected chi connectivity index (χ2v) is 11.0. The largest absolute Gasteiger partial charge is 0.410 e. The van der Waals surface area contributed by atoms with Gasteiger partial charge in [0.2, 0.25) is 0 Å². The SMILES string of the molecule is O=C(NCCSSCCNC(=O)/C(Cc1c[nH]c2ccccc12)=N/O)/C(Cc1c[nH]c2ccccc12)=N/O. The molecule has 2 aromatic carbocycles. The molecule has 0 bridgehead atoms. The van der Waals surface area contributed by atoms with E-state index in [2.05, 4.69) is 30.9 Å². The van der Waals surface area contributed by atoms with Gasteiger partial charge in [-0.05, 0) is 23.3 Å². The number of rotatable bonds is 13. The Morgan fingerprint density at radius 1 is 0.711 bits per heavy atom. The summed E-state index contributed by atoms with van der Waals surface area (Å²) >= 11 is 0. The van der Waals surface area contributed by atoms with Crippen molar-refractivity contribution in [3.63, 3.8) is 0 Å². The number of amides is 2. The molecule has 0 spiro atoms. The Labute approximate surface area is 226 Å². The molecule has 4 rings (SSSR count). The molecule has 0 aliphatic rings. The third-order valence-corrected chi connectivity index (χ3v) is 8.26. The number of carbonyl (C=O) groups is 2. The van der Waals surface area contributed by atoms with Crippen LogP contribution in [0.15, 0.2) is 71.2 Å². The van der Waals surface area contributed by atoms with E-state index in [9.17, 15) is 20.0 Å². The molecule has 0 atom stereocenters. The Balaban J connectivity index is 1.11. The lowest BCUT2D eigenvalue weighted by molar-refractivity contribution is -0.115. The minimum Gasteiger partial charge on any atom is -0.410 e. The lowest BCUT2D eigenvalue weighted by Crippen LogP contribution is -2.34. The van der Waals surface area contributed by atoms with Crippen molar-refractivity contribution in [1.29, 1.82) is 0 Å². The zero-order chi connectivity index (χ0) is 26.7. The molecule has 2 heterocycles. The monoisotopic (exact) mass is 552 g/mol. The van der Waals surface area contributed by atoms with Gasteiger partial charge >= 0.3 is 0 Å². The van der Waals surface area contributed by atoms with Gasteiger partial charge in [-0.2, -0.15) is 0 Å². The number of nitrogens with zero attached hydrogens (tertiary/aromatic N) is 2. The minimum atomic E-state index is -0.415. The zero-order valence-electron chi connectivity index (χ0n) is 20.4. The first-order valence-electron chi connectivity index (χ1n) is 11.9. The van der Waals surface area contributed by atoms with Crippen LogP contribution in [0.1, 0.15) is 11.1 Å². The van der Waals surface area contributed by atoms with Crippen molar-refractivity contribution in [2.75, 3.05) is 24.6 Å². The number of nitrogens with one attached hydrogen (secondary N) is 4. The molecule has 6 N–H and O–H groups in total. The number of carbonyl (C=O) groups excluding carboxylic acids is 2. The first kappa shape index (κ1) is 27.1. The molecule has 0 saturated carbocycles. The average molecular weight is 553 g/mol. The van der Waals surface area contributed by atoms with E-state index < -0.39 is 11.8 Å². The highest BCUT2D eigenvalue weighted by Crippen LogP contribution is 2.21. The van der Waals surface area contributed by atoms with Crippen LogP contribution < -0.4 is 10.6 Å². The molecular formula is C26H28N6O4S2. The van der Waals surface area contributed by atoms with E-state index in [0.29, 0.717) is 24.6 Å². The lowest BCUT2D eigenvalue weighted by Gasteiger charge is -2.08. The van der Waals surface area contributed by atoms with E-state index in [-0.39, 0.29) is 24.3 Å². The van der Waals surface area contributed by atoms with Gasteiger partial charge in [-0.1, -0.05) is 68.3 Å². The van der Waals surface area contributed by atoms with Gasteiger partial charge in [0.15, 0.2) is 0 Å². The van der Waals surface area contributed by atoms with Crippen LogP contribution in [-0.4, -0.2) is 68.2 Å². The fraction of sp³-hybridized carbons (Fsp3) is 0.231. The van der Waals surface area contributed by atoms with E-state index in [1.165, 1.54) is 0 Å². The Morgan fingerprint density at radius 2 is 1.13 bits per heavy atom. The van der Waals surface area contributed by atoms with Crippen LogP contribution >= 0.6 is 21.6 Å². The molecule has 4 aromatic rings. The van der Waals surface area contributed by atoms with Crippen LogP contribution in [0.5, 0.6) is 0 Å². The van der Waals surface area contributed by atoms with Gasteiger partial charge < -0.3 is 31.0 Å². The average Bonchev–Trinajstić information content (AvgIpc) is 3.55. The third kappa shape index (κ3) is 6.90. The first-order valence-corrected chi connectivity index (χ1v) is 14.4. The highest BCUT2D eigenvalue weighted by molar-refractivity contribution is 8.76. The van der Waals surface area contributed by atoms with Crippen molar-refractivity contribution < 1.29 is 20.0 Å². The molecular weight excluding hydrogens is 524 g/mol. The molecule has 198 valence electrons. The summed E-state index contributed by atoms with van der Waals surface area (Å²) < 4.78 is 0. The standard InChI is InChI=1S/C26H28N6O4S2/c33-25(23(31-35)13-17-15-29-21-7-3-1-5-19(17)21)27-9-11-37-38-12-10-28-26(34)24(32-36)14-18-16-30-22-8-4-2-6-20(18)22/h1-8,15-16,29-30,35-36H,9-14H2,(H,27,33)(H,28,34)/b31-23+,32-24+. The molecule has 2 aromatic heterocycles. The number of aromatic amines is 2. The van der Waals surface area contributed by atoms with Crippen LogP contribution in [0.25, 0.3) is 21.8 Å². The number of benzene rings is 2. The molecule has 12 heteroatoms. The van der Waals surface area contributed by atoms with Gasteiger partial charge in [0.25, 0.3) is 11.8 Å². The van der Waals surface area contributed by atoms with Gasteiger partial charge in [0, 0.05) is 71.6 Å². The number of hydrogen-bond donors (Lipinski definition) is 6. The van der Waals surface area contributed by atoms with E-state index in [0.717, 1.165) is 32.9 Å². The fourth-order valence-electron chi connectivity index (χ4n) is 3.97. The predicted molar refractivity (Wildman–Crippen MR) is 153 cm³/mol. The molecule has 0 aliphatic carbocycles. The molecule has 0 radical (unpaired) electrons. The van der Waals surface area contributed by atoms with E-state index in [4.69, 9.17) is 0 Å². The van der Waals surface area contributed by atoms with Crippen LogP contribution in [-0.2, 0) is 22.4 Å². The lowest BCUT2D eigenvalue weighted by atomic mass is 10.1. The molecule has 0 aliphatic heterocycles. The number of fused-ring (bicyclic) bond motifs is 2.